The molecule has 2 aliphatic rings. The van der Waals surface area contributed by atoms with E-state index in [1.54, 1.807) is 0 Å². The second-order valence-corrected chi connectivity index (χ2v) is 7.70. The van der Waals surface area contributed by atoms with Crippen molar-refractivity contribution in [2.75, 3.05) is 4.90 Å². The molecule has 0 saturated heterocycles. The van der Waals surface area contributed by atoms with Gasteiger partial charge in [-0.3, -0.25) is 4.79 Å². The predicted octanol–water partition coefficient (Wildman–Crippen LogP) is 5.65. The first-order valence-corrected chi connectivity index (χ1v) is 10.1. The van der Waals surface area contributed by atoms with Gasteiger partial charge in [0.2, 0.25) is 0 Å². The van der Waals surface area contributed by atoms with Crippen LogP contribution in [0.4, 0.5) is 5.69 Å². The Bertz CT molecular complexity index is 1040. The van der Waals surface area contributed by atoms with Gasteiger partial charge in [0.05, 0.1) is 6.54 Å². The van der Waals surface area contributed by atoms with Crippen molar-refractivity contribution >= 4 is 17.2 Å². The lowest BCUT2D eigenvalue weighted by atomic mass is 9.93. The van der Waals surface area contributed by atoms with Gasteiger partial charge in [-0.05, 0) is 72.7 Å². The summed E-state index contributed by atoms with van der Waals surface area (Å²) in [6.07, 6.45) is 9.29. The van der Waals surface area contributed by atoms with Crippen LogP contribution in [0.2, 0.25) is 0 Å². The molecule has 0 spiro atoms. The van der Waals surface area contributed by atoms with Gasteiger partial charge in [-0.15, -0.1) is 0 Å². The van der Waals surface area contributed by atoms with E-state index >= 15 is 0 Å². The Labute approximate surface area is 165 Å². The number of aromatic nitrogens is 1. The Morgan fingerprint density at radius 2 is 1.71 bits per heavy atom. The van der Waals surface area contributed by atoms with Crippen molar-refractivity contribution in [3.8, 4) is 0 Å². The zero-order valence-corrected chi connectivity index (χ0v) is 16.0. The summed E-state index contributed by atoms with van der Waals surface area (Å²) in [4.78, 5) is 15.4. The fraction of sp³-hybridized carbons (Fsp3) is 0.240. The lowest BCUT2D eigenvalue weighted by molar-refractivity contribution is 0.0985. The lowest BCUT2D eigenvalue weighted by Gasteiger charge is -2.23. The van der Waals surface area contributed by atoms with E-state index in [2.05, 4.69) is 53.2 Å². The van der Waals surface area contributed by atoms with Crippen molar-refractivity contribution in [1.82, 2.24) is 4.57 Å². The molecular formula is C25H24N2O. The minimum Gasteiger partial charge on any atom is -0.345 e. The zero-order chi connectivity index (χ0) is 18.9. The maximum Gasteiger partial charge on any atom is 0.258 e. The maximum absolute atomic E-state index is 13.4. The first-order chi connectivity index (χ1) is 13.8. The van der Waals surface area contributed by atoms with Crippen LogP contribution in [0.3, 0.4) is 0 Å². The number of anilines is 1. The number of fused-ring (bicyclic) bond motifs is 2. The molecule has 3 heteroatoms. The quantitative estimate of drug-likeness (QED) is 0.573. The van der Waals surface area contributed by atoms with Gasteiger partial charge in [-0.25, -0.2) is 0 Å². The number of amides is 1. The van der Waals surface area contributed by atoms with E-state index in [4.69, 9.17) is 0 Å². The Hall–Kier alpha value is -3.07. The van der Waals surface area contributed by atoms with Crippen LogP contribution in [0.5, 0.6) is 0 Å². The zero-order valence-electron chi connectivity index (χ0n) is 16.0. The van der Waals surface area contributed by atoms with Crippen LogP contribution in [-0.2, 0) is 13.1 Å². The molecule has 1 aliphatic heterocycles. The van der Waals surface area contributed by atoms with Crippen molar-refractivity contribution < 1.29 is 4.79 Å². The van der Waals surface area contributed by atoms with Crippen LogP contribution in [0.1, 0.15) is 52.9 Å². The third-order valence-electron chi connectivity index (χ3n) is 5.91. The van der Waals surface area contributed by atoms with Gasteiger partial charge in [0.15, 0.2) is 0 Å². The van der Waals surface area contributed by atoms with Crippen molar-refractivity contribution in [2.45, 2.75) is 38.8 Å². The Balaban J connectivity index is 1.48. The van der Waals surface area contributed by atoms with E-state index < -0.39 is 0 Å². The van der Waals surface area contributed by atoms with Crippen LogP contribution < -0.4 is 4.90 Å². The number of benzene rings is 2. The molecule has 3 aromatic rings. The molecule has 1 aromatic heterocycles. The summed E-state index contributed by atoms with van der Waals surface area (Å²) >= 11 is 0. The van der Waals surface area contributed by atoms with Gasteiger partial charge < -0.3 is 9.47 Å². The van der Waals surface area contributed by atoms with Gasteiger partial charge >= 0.3 is 0 Å². The average molecular weight is 368 g/mol. The number of hydrogen-bond acceptors (Lipinski definition) is 1. The van der Waals surface area contributed by atoms with Gasteiger partial charge in [-0.1, -0.05) is 36.4 Å². The molecule has 5 rings (SSSR count). The monoisotopic (exact) mass is 368 g/mol. The molecule has 28 heavy (non-hydrogen) atoms. The summed E-state index contributed by atoms with van der Waals surface area (Å²) in [5, 5.41) is 0. The second kappa shape index (κ2) is 7.16. The number of para-hydroxylation sites is 1. The van der Waals surface area contributed by atoms with Crippen LogP contribution in [0, 0.1) is 0 Å². The summed E-state index contributed by atoms with van der Waals surface area (Å²) in [5.41, 5.74) is 6.76. The molecule has 0 saturated carbocycles. The molecule has 0 atom stereocenters. The van der Waals surface area contributed by atoms with Gasteiger partial charge in [0.25, 0.3) is 5.91 Å². The number of hydrogen-bond donors (Lipinski definition) is 0. The van der Waals surface area contributed by atoms with Crippen molar-refractivity contribution in [3.63, 3.8) is 0 Å². The standard InChI is InChI=1S/C25H24N2O/c28-25(21-14-12-20(13-15-21)19-7-2-1-3-8-19)27-18-23-10-6-16-26(23)17-22-9-4-5-11-24(22)27/h4-7,9-16H,1-3,8,17-18H2. The minimum absolute atomic E-state index is 0.0614. The molecule has 0 unspecified atom stereocenters. The summed E-state index contributed by atoms with van der Waals surface area (Å²) in [6.45, 7) is 1.39. The highest BCUT2D eigenvalue weighted by Gasteiger charge is 2.24. The van der Waals surface area contributed by atoms with E-state index in [9.17, 15) is 4.79 Å². The van der Waals surface area contributed by atoms with E-state index in [0.29, 0.717) is 6.54 Å². The van der Waals surface area contributed by atoms with E-state index in [0.717, 1.165) is 29.9 Å². The molecule has 2 heterocycles. The number of carbonyl (C=O) groups excluding carboxylic acids is 1. The van der Waals surface area contributed by atoms with Crippen molar-refractivity contribution in [2.24, 2.45) is 0 Å². The van der Waals surface area contributed by atoms with E-state index in [1.807, 2.05) is 29.2 Å². The Morgan fingerprint density at radius 1 is 0.857 bits per heavy atom. The molecule has 0 fully saturated rings. The number of rotatable bonds is 2. The Kier molecular flexibility index (Phi) is 4.36. The SMILES string of the molecule is O=C(c1ccc(C2=CCCCC2)cc1)N1Cc2cccn2Cc2ccccc21. The third kappa shape index (κ3) is 3.07. The molecule has 0 N–H and O–H groups in total. The van der Waals surface area contributed by atoms with Crippen LogP contribution >= 0.6 is 0 Å². The fourth-order valence-electron chi connectivity index (χ4n) is 4.35. The topological polar surface area (TPSA) is 25.2 Å². The molecule has 1 aliphatic carbocycles. The van der Waals surface area contributed by atoms with E-state index in [1.165, 1.54) is 36.0 Å². The first kappa shape index (κ1) is 17.1. The minimum atomic E-state index is 0.0614. The molecular weight excluding hydrogens is 344 g/mol. The van der Waals surface area contributed by atoms with Gasteiger partial charge in [-0.2, -0.15) is 0 Å². The van der Waals surface area contributed by atoms with Crippen LogP contribution in [-0.4, -0.2) is 10.5 Å². The molecule has 1 amide bonds. The summed E-state index contributed by atoms with van der Waals surface area (Å²) in [7, 11) is 0. The third-order valence-corrected chi connectivity index (χ3v) is 5.91. The first-order valence-electron chi connectivity index (χ1n) is 10.1. The lowest BCUT2D eigenvalue weighted by Crippen LogP contribution is -2.30. The molecule has 3 nitrogen and oxygen atoms in total. The predicted molar refractivity (Wildman–Crippen MR) is 113 cm³/mol. The van der Waals surface area contributed by atoms with Crippen LogP contribution in [0.15, 0.2) is 72.9 Å². The average Bonchev–Trinajstić information content (AvgIpc) is 3.13. The van der Waals surface area contributed by atoms with E-state index in [-0.39, 0.29) is 5.91 Å². The summed E-state index contributed by atoms with van der Waals surface area (Å²) in [5.74, 6) is 0.0614. The van der Waals surface area contributed by atoms with Crippen molar-refractivity contribution in [1.29, 1.82) is 0 Å². The fourth-order valence-corrected chi connectivity index (χ4v) is 4.35. The van der Waals surface area contributed by atoms with Crippen LogP contribution in [0.25, 0.3) is 5.57 Å². The van der Waals surface area contributed by atoms with Gasteiger partial charge in [0, 0.05) is 29.7 Å². The molecule has 140 valence electrons. The number of carbonyl (C=O) groups is 1. The smallest absolute Gasteiger partial charge is 0.258 e. The summed E-state index contributed by atoms with van der Waals surface area (Å²) < 4.78 is 2.23. The Morgan fingerprint density at radius 3 is 2.54 bits per heavy atom. The number of nitrogens with zero attached hydrogens (tertiary/aromatic N) is 2. The van der Waals surface area contributed by atoms with Gasteiger partial charge in [0.1, 0.15) is 0 Å². The summed E-state index contributed by atoms with van der Waals surface area (Å²) in [6, 6.07) is 20.6. The molecule has 0 bridgehead atoms. The largest absolute Gasteiger partial charge is 0.345 e. The highest BCUT2D eigenvalue weighted by atomic mass is 16.2. The molecule has 2 aromatic carbocycles. The highest BCUT2D eigenvalue weighted by Crippen LogP contribution is 2.30. The van der Waals surface area contributed by atoms with Crippen molar-refractivity contribution in [3.05, 3.63) is 95.3 Å². The normalized spacial score (nSPS) is 16.0. The number of allylic oxidation sites excluding steroid dienone is 2. The second-order valence-electron chi connectivity index (χ2n) is 7.70. The molecule has 0 radical (unpaired) electrons. The maximum atomic E-state index is 13.4. The highest BCUT2D eigenvalue weighted by molar-refractivity contribution is 6.06.